The van der Waals surface area contributed by atoms with Gasteiger partial charge in [0.2, 0.25) is 0 Å². The normalized spacial score (nSPS) is 11.8. The number of rotatable bonds is 13. The van der Waals surface area contributed by atoms with Crippen LogP contribution in [0.2, 0.25) is 0 Å². The number of hydrogen-bond donors (Lipinski definition) is 1. The van der Waals surface area contributed by atoms with Crippen molar-refractivity contribution in [1.29, 1.82) is 0 Å². The van der Waals surface area contributed by atoms with Crippen molar-refractivity contribution in [1.82, 2.24) is 4.31 Å². The smallest absolute Gasteiger partial charge is 0.146 e. The van der Waals surface area contributed by atoms with Gasteiger partial charge in [-0.15, -0.1) is 0 Å². The summed E-state index contributed by atoms with van der Waals surface area (Å²) in [4.78, 5) is 0. The second-order valence-corrected chi connectivity index (χ2v) is 8.66. The molecule has 0 amide bonds. The lowest BCUT2D eigenvalue weighted by atomic mass is 10.1. The van der Waals surface area contributed by atoms with Crippen molar-refractivity contribution < 1.29 is 0 Å². The Morgan fingerprint density at radius 1 is 0.857 bits per heavy atom. The van der Waals surface area contributed by atoms with Crippen molar-refractivity contribution in [2.24, 2.45) is 17.6 Å². The number of hydrogen-bond acceptors (Lipinski definition) is 3. The predicted octanol–water partition coefficient (Wildman–Crippen LogP) is 5.61. The third kappa shape index (κ3) is 16.4. The molecule has 0 aliphatic heterocycles. The number of thiocarbonyl (C=S) groups is 1. The quantitative estimate of drug-likeness (QED) is 0.269. The maximum absolute atomic E-state index is 5.69. The lowest BCUT2D eigenvalue weighted by molar-refractivity contribution is 0.417. The van der Waals surface area contributed by atoms with Crippen LogP contribution in [0.15, 0.2) is 0 Å². The van der Waals surface area contributed by atoms with Gasteiger partial charge in [0.1, 0.15) is 4.32 Å². The predicted molar refractivity (Wildman–Crippen MR) is 103 cm³/mol. The molecule has 0 aromatic rings. The maximum atomic E-state index is 5.69. The minimum Gasteiger partial charge on any atom is -0.384 e. The van der Waals surface area contributed by atoms with E-state index in [2.05, 4.69) is 32.0 Å². The first-order chi connectivity index (χ1) is 9.91. The van der Waals surface area contributed by atoms with Gasteiger partial charge >= 0.3 is 0 Å². The molecule has 0 aliphatic rings. The molecule has 0 aromatic heterocycles. The standard InChI is InChI=1S/C17H36N2S2/c1-15(2)11-7-5-9-13-19(21-17(18)20)14-10-6-8-12-16(3)4/h15-16H,5-14H2,1-4H3,(H2,18,20). The summed E-state index contributed by atoms with van der Waals surface area (Å²) in [5.74, 6) is 1.65. The van der Waals surface area contributed by atoms with Gasteiger partial charge < -0.3 is 5.73 Å². The fourth-order valence-electron chi connectivity index (χ4n) is 2.37. The molecule has 0 unspecified atom stereocenters. The highest BCUT2D eigenvalue weighted by Gasteiger charge is 2.07. The number of unbranched alkanes of at least 4 members (excludes halogenated alkanes) is 4. The van der Waals surface area contributed by atoms with Gasteiger partial charge in [0.05, 0.1) is 0 Å². The summed E-state index contributed by atoms with van der Waals surface area (Å²) in [5.41, 5.74) is 5.69. The average Bonchev–Trinajstić information content (AvgIpc) is 2.36. The van der Waals surface area contributed by atoms with E-state index in [1.807, 2.05) is 0 Å². The average molecular weight is 333 g/mol. The summed E-state index contributed by atoms with van der Waals surface area (Å²) < 4.78 is 2.92. The van der Waals surface area contributed by atoms with E-state index in [4.69, 9.17) is 18.0 Å². The lowest BCUT2D eigenvalue weighted by Crippen LogP contribution is -2.23. The van der Waals surface area contributed by atoms with Gasteiger partial charge in [0, 0.05) is 13.1 Å². The second kappa shape index (κ2) is 13.8. The lowest BCUT2D eigenvalue weighted by Gasteiger charge is -2.20. The van der Waals surface area contributed by atoms with Gasteiger partial charge in [-0.3, -0.25) is 0 Å². The first-order valence-electron chi connectivity index (χ1n) is 8.64. The van der Waals surface area contributed by atoms with Crippen molar-refractivity contribution in [3.63, 3.8) is 0 Å². The van der Waals surface area contributed by atoms with Crippen LogP contribution < -0.4 is 5.73 Å². The first kappa shape index (κ1) is 21.2. The molecular formula is C17H36N2S2. The van der Waals surface area contributed by atoms with Gasteiger partial charge in [-0.05, 0) is 36.6 Å². The maximum Gasteiger partial charge on any atom is 0.146 e. The Labute approximate surface area is 142 Å². The summed E-state index contributed by atoms with van der Waals surface area (Å²) in [6, 6.07) is 0. The molecular weight excluding hydrogens is 296 g/mol. The number of nitrogens with zero attached hydrogens (tertiary/aromatic N) is 1. The van der Waals surface area contributed by atoms with Crippen LogP contribution in [0.3, 0.4) is 0 Å². The van der Waals surface area contributed by atoms with Crippen LogP contribution in [0.5, 0.6) is 0 Å². The topological polar surface area (TPSA) is 29.3 Å². The fourth-order valence-corrected chi connectivity index (χ4v) is 3.38. The van der Waals surface area contributed by atoms with E-state index in [9.17, 15) is 0 Å². The Hall–Kier alpha value is 0.200. The van der Waals surface area contributed by atoms with Gasteiger partial charge in [-0.25, -0.2) is 4.31 Å². The van der Waals surface area contributed by atoms with Crippen molar-refractivity contribution >= 4 is 28.5 Å². The summed E-state index contributed by atoms with van der Waals surface area (Å²) in [6.07, 6.45) is 10.5. The molecule has 0 radical (unpaired) electrons. The molecule has 0 spiro atoms. The highest BCUT2D eigenvalue weighted by Crippen LogP contribution is 2.16. The second-order valence-electron chi connectivity index (χ2n) is 6.83. The highest BCUT2D eigenvalue weighted by atomic mass is 32.2. The van der Waals surface area contributed by atoms with Gasteiger partial charge in [0.25, 0.3) is 0 Å². The minimum absolute atomic E-state index is 0.555. The van der Waals surface area contributed by atoms with Crippen LogP contribution in [0.1, 0.15) is 79.1 Å². The van der Waals surface area contributed by atoms with Gasteiger partial charge in [-0.2, -0.15) is 0 Å². The molecule has 0 aliphatic carbocycles. The highest BCUT2D eigenvalue weighted by molar-refractivity contribution is 8.21. The van der Waals surface area contributed by atoms with Crippen molar-refractivity contribution in [3.8, 4) is 0 Å². The van der Waals surface area contributed by atoms with E-state index in [0.717, 1.165) is 24.9 Å². The van der Waals surface area contributed by atoms with E-state index in [1.54, 1.807) is 11.9 Å². The Kier molecular flexibility index (Phi) is 14.0. The van der Waals surface area contributed by atoms with E-state index in [0.29, 0.717) is 4.32 Å². The zero-order chi connectivity index (χ0) is 16.1. The van der Waals surface area contributed by atoms with Crippen LogP contribution in [0, 0.1) is 11.8 Å². The van der Waals surface area contributed by atoms with Crippen LogP contribution in [-0.2, 0) is 0 Å². The SMILES string of the molecule is CC(C)CCCCCN(CCCCCC(C)C)SC(N)=S. The van der Waals surface area contributed by atoms with Crippen LogP contribution in [0.25, 0.3) is 0 Å². The van der Waals surface area contributed by atoms with Crippen molar-refractivity contribution in [2.75, 3.05) is 13.1 Å². The Bertz CT molecular complexity index is 237. The summed E-state index contributed by atoms with van der Waals surface area (Å²) in [6.45, 7) is 11.4. The molecule has 4 heteroatoms. The van der Waals surface area contributed by atoms with E-state index in [-0.39, 0.29) is 0 Å². The van der Waals surface area contributed by atoms with E-state index in [1.165, 1.54) is 51.4 Å². The van der Waals surface area contributed by atoms with Crippen molar-refractivity contribution in [3.05, 3.63) is 0 Å². The molecule has 0 rings (SSSR count). The third-order valence-electron chi connectivity index (χ3n) is 3.60. The fraction of sp³-hybridized carbons (Fsp3) is 0.941. The van der Waals surface area contributed by atoms with Gasteiger partial charge in [0.15, 0.2) is 0 Å². The Morgan fingerprint density at radius 3 is 1.62 bits per heavy atom. The molecule has 0 saturated carbocycles. The molecule has 0 fully saturated rings. The summed E-state index contributed by atoms with van der Waals surface area (Å²) >= 11 is 6.61. The molecule has 0 saturated heterocycles. The minimum atomic E-state index is 0.555. The molecule has 0 aromatic carbocycles. The summed E-state index contributed by atoms with van der Waals surface area (Å²) in [5, 5.41) is 0. The molecule has 0 heterocycles. The Morgan fingerprint density at radius 2 is 1.29 bits per heavy atom. The Balaban J connectivity index is 3.74. The molecule has 0 bridgehead atoms. The van der Waals surface area contributed by atoms with Crippen molar-refractivity contribution in [2.45, 2.75) is 79.1 Å². The number of nitrogens with two attached hydrogens (primary N) is 1. The molecule has 2 N–H and O–H groups in total. The third-order valence-corrected chi connectivity index (χ3v) is 4.62. The van der Waals surface area contributed by atoms with Gasteiger partial charge in [-0.1, -0.05) is 78.4 Å². The van der Waals surface area contributed by atoms with Crippen LogP contribution in [-0.4, -0.2) is 21.7 Å². The first-order valence-corrected chi connectivity index (χ1v) is 9.82. The van der Waals surface area contributed by atoms with E-state index >= 15 is 0 Å². The monoisotopic (exact) mass is 332 g/mol. The zero-order valence-electron chi connectivity index (χ0n) is 14.6. The molecule has 2 nitrogen and oxygen atoms in total. The van der Waals surface area contributed by atoms with Crippen LogP contribution >= 0.6 is 24.2 Å². The molecule has 0 atom stereocenters. The summed E-state index contributed by atoms with van der Waals surface area (Å²) in [7, 11) is 0. The molecule has 21 heavy (non-hydrogen) atoms. The van der Waals surface area contributed by atoms with E-state index < -0.39 is 0 Å². The largest absolute Gasteiger partial charge is 0.384 e. The zero-order valence-corrected chi connectivity index (χ0v) is 16.2. The van der Waals surface area contributed by atoms with Crippen LogP contribution in [0.4, 0.5) is 0 Å². The molecule has 126 valence electrons.